The number of hydrogen-bond acceptors (Lipinski definition) is 3. The highest BCUT2D eigenvalue weighted by Gasteiger charge is 2.10. The van der Waals surface area contributed by atoms with Crippen LogP contribution in [0.1, 0.15) is 5.56 Å². The molecule has 0 fully saturated rings. The van der Waals surface area contributed by atoms with Crippen molar-refractivity contribution in [2.45, 2.75) is 6.92 Å². The van der Waals surface area contributed by atoms with Gasteiger partial charge in [0.1, 0.15) is 10.8 Å². The number of aromatic nitrogens is 2. The molecule has 0 amide bonds. The Morgan fingerprint density at radius 1 is 1.18 bits per heavy atom. The Balaban J connectivity index is 2.38. The van der Waals surface area contributed by atoms with Crippen LogP contribution < -0.4 is 4.74 Å². The first-order valence-corrected chi connectivity index (χ1v) is 5.82. The Bertz CT molecular complexity index is 560. The molecule has 0 aliphatic rings. The van der Waals surface area contributed by atoms with Crippen LogP contribution in [0.4, 0.5) is 0 Å². The first-order chi connectivity index (χ1) is 8.08. The topological polar surface area (TPSA) is 35.0 Å². The number of halogens is 3. The molecule has 17 heavy (non-hydrogen) atoms. The molecule has 1 aromatic carbocycles. The maximum atomic E-state index is 6.00. The van der Waals surface area contributed by atoms with E-state index in [2.05, 4.69) is 9.97 Å². The van der Waals surface area contributed by atoms with Crippen molar-refractivity contribution in [3.63, 3.8) is 0 Å². The zero-order valence-electron chi connectivity index (χ0n) is 8.75. The number of nitrogens with zero attached hydrogens (tertiary/aromatic N) is 2. The second kappa shape index (κ2) is 5.08. The van der Waals surface area contributed by atoms with Crippen LogP contribution in [0.25, 0.3) is 0 Å². The SMILES string of the molecule is Cc1cnc(Cl)nc1Oc1cccc(Cl)c1Cl. The third-order valence-electron chi connectivity index (χ3n) is 2.02. The molecule has 0 aliphatic carbocycles. The van der Waals surface area contributed by atoms with E-state index in [1.807, 2.05) is 6.92 Å². The Morgan fingerprint density at radius 2 is 1.94 bits per heavy atom. The Morgan fingerprint density at radius 3 is 2.71 bits per heavy atom. The molecule has 0 unspecified atom stereocenters. The average Bonchev–Trinajstić information content (AvgIpc) is 2.30. The standard InChI is InChI=1S/C11H7Cl3N2O/c1-6-5-15-11(14)16-10(6)17-8-4-2-3-7(12)9(8)13/h2-5H,1H3. The van der Waals surface area contributed by atoms with Gasteiger partial charge in [-0.05, 0) is 30.7 Å². The van der Waals surface area contributed by atoms with Gasteiger partial charge in [0.2, 0.25) is 11.2 Å². The average molecular weight is 290 g/mol. The van der Waals surface area contributed by atoms with Gasteiger partial charge in [-0.3, -0.25) is 0 Å². The summed E-state index contributed by atoms with van der Waals surface area (Å²) in [5.41, 5.74) is 0.755. The number of hydrogen-bond donors (Lipinski definition) is 0. The molecule has 0 spiro atoms. The van der Waals surface area contributed by atoms with Crippen molar-refractivity contribution >= 4 is 34.8 Å². The normalized spacial score (nSPS) is 10.4. The fraction of sp³-hybridized carbons (Fsp3) is 0.0909. The molecule has 2 aromatic rings. The minimum absolute atomic E-state index is 0.115. The van der Waals surface area contributed by atoms with Crippen LogP contribution in [0.5, 0.6) is 11.6 Å². The third-order valence-corrected chi connectivity index (χ3v) is 3.00. The maximum Gasteiger partial charge on any atom is 0.226 e. The van der Waals surface area contributed by atoms with Gasteiger partial charge >= 0.3 is 0 Å². The molecule has 0 N–H and O–H groups in total. The van der Waals surface area contributed by atoms with E-state index in [-0.39, 0.29) is 5.28 Å². The Labute approximate surface area is 113 Å². The van der Waals surface area contributed by atoms with Crippen molar-refractivity contribution in [2.24, 2.45) is 0 Å². The summed E-state index contributed by atoms with van der Waals surface area (Å²) in [4.78, 5) is 7.81. The second-order valence-electron chi connectivity index (χ2n) is 3.28. The van der Waals surface area contributed by atoms with Crippen molar-refractivity contribution in [1.29, 1.82) is 0 Å². The van der Waals surface area contributed by atoms with E-state index in [0.717, 1.165) is 5.56 Å². The second-order valence-corrected chi connectivity index (χ2v) is 4.40. The van der Waals surface area contributed by atoms with Gasteiger partial charge in [-0.1, -0.05) is 29.3 Å². The molecule has 0 saturated heterocycles. The van der Waals surface area contributed by atoms with Gasteiger partial charge < -0.3 is 4.74 Å². The minimum Gasteiger partial charge on any atom is -0.437 e. The molecule has 0 atom stereocenters. The van der Waals surface area contributed by atoms with Crippen molar-refractivity contribution in [1.82, 2.24) is 9.97 Å². The highest BCUT2D eigenvalue weighted by Crippen LogP contribution is 2.34. The molecular weight excluding hydrogens is 282 g/mol. The first-order valence-electron chi connectivity index (χ1n) is 4.69. The molecule has 0 saturated carbocycles. The van der Waals surface area contributed by atoms with E-state index in [1.54, 1.807) is 24.4 Å². The summed E-state index contributed by atoms with van der Waals surface area (Å²) in [6, 6.07) is 5.11. The van der Waals surface area contributed by atoms with Crippen LogP contribution in [-0.4, -0.2) is 9.97 Å². The number of rotatable bonds is 2. The lowest BCUT2D eigenvalue weighted by Crippen LogP contribution is -1.94. The molecule has 3 nitrogen and oxygen atoms in total. The number of benzene rings is 1. The fourth-order valence-electron chi connectivity index (χ4n) is 1.18. The molecule has 0 bridgehead atoms. The van der Waals surface area contributed by atoms with Crippen LogP contribution in [0.3, 0.4) is 0 Å². The van der Waals surface area contributed by atoms with Crippen LogP contribution in [0.15, 0.2) is 24.4 Å². The van der Waals surface area contributed by atoms with Gasteiger partial charge in [-0.15, -0.1) is 0 Å². The lowest BCUT2D eigenvalue weighted by molar-refractivity contribution is 0.457. The summed E-state index contributed by atoms with van der Waals surface area (Å²) in [5, 5.41) is 0.869. The summed E-state index contributed by atoms with van der Waals surface area (Å²) >= 11 is 17.6. The van der Waals surface area contributed by atoms with Crippen LogP contribution in [-0.2, 0) is 0 Å². The zero-order chi connectivity index (χ0) is 12.4. The van der Waals surface area contributed by atoms with Gasteiger partial charge in [0.25, 0.3) is 0 Å². The molecule has 88 valence electrons. The lowest BCUT2D eigenvalue weighted by Gasteiger charge is -2.09. The highest BCUT2D eigenvalue weighted by molar-refractivity contribution is 6.42. The molecule has 1 aromatic heterocycles. The first kappa shape index (κ1) is 12.4. The van der Waals surface area contributed by atoms with Crippen LogP contribution >= 0.6 is 34.8 Å². The third kappa shape index (κ3) is 2.80. The molecule has 1 heterocycles. The zero-order valence-corrected chi connectivity index (χ0v) is 11.0. The van der Waals surface area contributed by atoms with Gasteiger partial charge in [0, 0.05) is 11.8 Å². The summed E-state index contributed by atoms with van der Waals surface area (Å²) in [6.07, 6.45) is 1.57. The van der Waals surface area contributed by atoms with Crippen LogP contribution in [0.2, 0.25) is 15.3 Å². The largest absolute Gasteiger partial charge is 0.437 e. The monoisotopic (exact) mass is 288 g/mol. The lowest BCUT2D eigenvalue weighted by atomic mass is 10.3. The van der Waals surface area contributed by atoms with Gasteiger partial charge in [0.05, 0.1) is 5.02 Å². The van der Waals surface area contributed by atoms with E-state index in [9.17, 15) is 0 Å². The predicted molar refractivity (Wildman–Crippen MR) is 68.3 cm³/mol. The predicted octanol–water partition coefficient (Wildman–Crippen LogP) is 4.54. The quantitative estimate of drug-likeness (QED) is 0.761. The van der Waals surface area contributed by atoms with E-state index >= 15 is 0 Å². The van der Waals surface area contributed by atoms with Gasteiger partial charge in [-0.2, -0.15) is 4.98 Å². The molecule has 0 aliphatic heterocycles. The summed E-state index contributed by atoms with van der Waals surface area (Å²) in [5.74, 6) is 0.784. The Kier molecular flexibility index (Phi) is 3.72. The van der Waals surface area contributed by atoms with Crippen LogP contribution in [0, 0.1) is 6.92 Å². The van der Waals surface area contributed by atoms with Crippen molar-refractivity contribution in [3.05, 3.63) is 45.3 Å². The van der Waals surface area contributed by atoms with Crippen molar-refractivity contribution < 1.29 is 4.74 Å². The number of ether oxygens (including phenoxy) is 1. The summed E-state index contributed by atoms with van der Waals surface area (Å²) in [6.45, 7) is 1.81. The molecule has 6 heteroatoms. The molecular formula is C11H7Cl3N2O. The van der Waals surface area contributed by atoms with Gasteiger partial charge in [-0.25, -0.2) is 4.98 Å². The molecule has 2 rings (SSSR count). The highest BCUT2D eigenvalue weighted by atomic mass is 35.5. The fourth-order valence-corrected chi connectivity index (χ4v) is 1.63. The number of aryl methyl sites for hydroxylation is 1. The van der Waals surface area contributed by atoms with E-state index in [4.69, 9.17) is 39.5 Å². The smallest absolute Gasteiger partial charge is 0.226 e. The van der Waals surface area contributed by atoms with Gasteiger partial charge in [0.15, 0.2) is 0 Å². The Hall–Kier alpha value is -1.03. The molecule has 0 radical (unpaired) electrons. The minimum atomic E-state index is 0.115. The summed E-state index contributed by atoms with van der Waals surface area (Å²) < 4.78 is 5.55. The van der Waals surface area contributed by atoms with Crippen molar-refractivity contribution in [2.75, 3.05) is 0 Å². The maximum absolute atomic E-state index is 6.00. The van der Waals surface area contributed by atoms with E-state index in [1.165, 1.54) is 0 Å². The van der Waals surface area contributed by atoms with E-state index in [0.29, 0.717) is 21.7 Å². The van der Waals surface area contributed by atoms with E-state index < -0.39 is 0 Å². The summed E-state index contributed by atoms with van der Waals surface area (Å²) in [7, 11) is 0. The van der Waals surface area contributed by atoms with Crippen molar-refractivity contribution in [3.8, 4) is 11.6 Å².